The van der Waals surface area contributed by atoms with Crippen LogP contribution in [0.15, 0.2) is 48.7 Å². The first kappa shape index (κ1) is 24.8. The zero-order valence-corrected chi connectivity index (χ0v) is 20.1. The number of methoxy groups -OCH3 is 1. The van der Waals surface area contributed by atoms with Crippen LogP contribution in [0.4, 0.5) is 10.5 Å². The summed E-state index contributed by atoms with van der Waals surface area (Å²) in [5.74, 6) is -0.584. The summed E-state index contributed by atoms with van der Waals surface area (Å²) in [4.78, 5) is 38.2. The Kier molecular flexibility index (Phi) is 8.29. The number of amides is 2. The molecule has 0 radical (unpaired) electrons. The van der Waals surface area contributed by atoms with Crippen LogP contribution in [0, 0.1) is 6.92 Å². The van der Waals surface area contributed by atoms with E-state index in [2.05, 4.69) is 39.7 Å². The predicted octanol–water partition coefficient (Wildman–Crippen LogP) is 4.73. The molecule has 2 amide bonds. The third kappa shape index (κ3) is 5.95. The van der Waals surface area contributed by atoms with E-state index in [0.29, 0.717) is 25.3 Å². The lowest BCUT2D eigenvalue weighted by atomic mass is 10.1. The molecule has 0 spiro atoms. The van der Waals surface area contributed by atoms with Gasteiger partial charge < -0.3 is 24.3 Å². The fourth-order valence-corrected chi connectivity index (χ4v) is 3.77. The molecule has 0 aliphatic carbocycles. The van der Waals surface area contributed by atoms with Gasteiger partial charge in [0, 0.05) is 37.6 Å². The fourth-order valence-electron chi connectivity index (χ4n) is 3.77. The van der Waals surface area contributed by atoms with Gasteiger partial charge in [0.25, 0.3) is 0 Å². The van der Waals surface area contributed by atoms with Crippen LogP contribution in [-0.4, -0.2) is 47.6 Å². The zero-order chi connectivity index (χ0) is 24.7. The van der Waals surface area contributed by atoms with Crippen LogP contribution in [0.3, 0.4) is 0 Å². The minimum absolute atomic E-state index is 0.0404. The Morgan fingerprint density at radius 3 is 2.47 bits per heavy atom. The molecule has 3 aromatic rings. The minimum atomic E-state index is -0.492. The van der Waals surface area contributed by atoms with Crippen LogP contribution in [0.25, 0.3) is 10.9 Å². The van der Waals surface area contributed by atoms with Crippen LogP contribution in [0.1, 0.15) is 37.8 Å². The average Bonchev–Trinajstić information content (AvgIpc) is 3.22. The standard InChI is InChI=1S/C26H31N3O5/c1-5-28(6-2)26(32)34-22-11-10-21-20(25(22)27-23(30)12-13-24(31)33-4)14-15-29(21)17-19-9-7-8-18(3)16-19/h7-11,14-16H,5-6,12-13,17H2,1-4H3,(H,27,30). The molecule has 0 saturated heterocycles. The summed E-state index contributed by atoms with van der Waals surface area (Å²) in [6, 6.07) is 13.7. The van der Waals surface area contributed by atoms with Gasteiger partial charge in [0.2, 0.25) is 5.91 Å². The van der Waals surface area contributed by atoms with E-state index in [9.17, 15) is 14.4 Å². The normalized spacial score (nSPS) is 10.7. The van der Waals surface area contributed by atoms with Gasteiger partial charge in [0.05, 0.1) is 24.7 Å². The van der Waals surface area contributed by atoms with Gasteiger partial charge in [-0.05, 0) is 44.5 Å². The Morgan fingerprint density at radius 2 is 1.79 bits per heavy atom. The van der Waals surface area contributed by atoms with Crippen molar-refractivity contribution < 1.29 is 23.9 Å². The fraction of sp³-hybridized carbons (Fsp3) is 0.346. The molecular formula is C26H31N3O5. The van der Waals surface area contributed by atoms with E-state index in [1.54, 1.807) is 11.0 Å². The molecule has 2 aromatic carbocycles. The lowest BCUT2D eigenvalue weighted by Gasteiger charge is -2.20. The highest BCUT2D eigenvalue weighted by Gasteiger charge is 2.20. The lowest BCUT2D eigenvalue weighted by molar-refractivity contribution is -0.141. The quantitative estimate of drug-likeness (QED) is 0.462. The van der Waals surface area contributed by atoms with Gasteiger partial charge in [-0.1, -0.05) is 29.8 Å². The molecule has 8 heteroatoms. The first-order valence-electron chi connectivity index (χ1n) is 11.4. The van der Waals surface area contributed by atoms with Crippen LogP contribution in [-0.2, 0) is 20.9 Å². The summed E-state index contributed by atoms with van der Waals surface area (Å²) >= 11 is 0. The van der Waals surface area contributed by atoms with Crippen molar-refractivity contribution in [3.8, 4) is 5.75 Å². The zero-order valence-electron chi connectivity index (χ0n) is 20.1. The van der Waals surface area contributed by atoms with Crippen molar-refractivity contribution >= 4 is 34.6 Å². The van der Waals surface area contributed by atoms with Crippen molar-refractivity contribution in [2.45, 2.75) is 40.2 Å². The van der Waals surface area contributed by atoms with Crippen LogP contribution < -0.4 is 10.1 Å². The number of carbonyl (C=O) groups excluding carboxylic acids is 3. The van der Waals surface area contributed by atoms with Gasteiger partial charge >= 0.3 is 12.1 Å². The molecule has 0 aliphatic rings. The van der Waals surface area contributed by atoms with Crippen LogP contribution in [0.2, 0.25) is 0 Å². The molecule has 8 nitrogen and oxygen atoms in total. The summed E-state index contributed by atoms with van der Waals surface area (Å²) < 4.78 is 12.4. The maximum atomic E-state index is 12.6. The molecule has 180 valence electrons. The number of ether oxygens (including phenoxy) is 2. The molecule has 0 bridgehead atoms. The second-order valence-electron chi connectivity index (χ2n) is 7.97. The molecular weight excluding hydrogens is 434 g/mol. The molecule has 0 fully saturated rings. The molecule has 0 unspecified atom stereocenters. The number of aryl methyl sites for hydroxylation is 1. The summed E-state index contributed by atoms with van der Waals surface area (Å²) in [7, 11) is 1.28. The van der Waals surface area contributed by atoms with Crippen molar-refractivity contribution in [1.82, 2.24) is 9.47 Å². The monoisotopic (exact) mass is 465 g/mol. The van der Waals surface area contributed by atoms with Crippen molar-refractivity contribution in [3.05, 3.63) is 59.8 Å². The molecule has 0 aliphatic heterocycles. The maximum Gasteiger partial charge on any atom is 0.415 e. The predicted molar refractivity (Wildman–Crippen MR) is 131 cm³/mol. The number of anilines is 1. The first-order valence-corrected chi connectivity index (χ1v) is 11.4. The Balaban J connectivity index is 1.96. The maximum absolute atomic E-state index is 12.6. The third-order valence-corrected chi connectivity index (χ3v) is 5.62. The lowest BCUT2D eigenvalue weighted by Crippen LogP contribution is -2.33. The number of nitrogens with zero attached hydrogens (tertiary/aromatic N) is 2. The number of hydrogen-bond donors (Lipinski definition) is 1. The highest BCUT2D eigenvalue weighted by molar-refractivity contribution is 6.05. The number of rotatable bonds is 9. The molecule has 1 aromatic heterocycles. The minimum Gasteiger partial charge on any atom is -0.469 e. The number of esters is 1. The van der Waals surface area contributed by atoms with E-state index in [0.717, 1.165) is 16.5 Å². The number of fused-ring (bicyclic) bond motifs is 1. The Bertz CT molecular complexity index is 1180. The van der Waals surface area contributed by atoms with E-state index in [1.165, 1.54) is 12.7 Å². The van der Waals surface area contributed by atoms with E-state index in [1.807, 2.05) is 38.2 Å². The summed E-state index contributed by atoms with van der Waals surface area (Å²) in [5.41, 5.74) is 3.61. The van der Waals surface area contributed by atoms with E-state index >= 15 is 0 Å². The highest BCUT2D eigenvalue weighted by Crippen LogP contribution is 2.35. The number of nitrogens with one attached hydrogen (secondary N) is 1. The molecule has 34 heavy (non-hydrogen) atoms. The van der Waals surface area contributed by atoms with E-state index in [4.69, 9.17) is 4.74 Å². The van der Waals surface area contributed by atoms with Crippen molar-refractivity contribution in [2.24, 2.45) is 0 Å². The topological polar surface area (TPSA) is 89.9 Å². The van der Waals surface area contributed by atoms with Crippen LogP contribution >= 0.6 is 0 Å². The summed E-state index contributed by atoms with van der Waals surface area (Å²) in [5, 5.41) is 3.58. The Labute approximate surface area is 199 Å². The van der Waals surface area contributed by atoms with Gasteiger partial charge in [0.15, 0.2) is 5.75 Å². The first-order chi connectivity index (χ1) is 16.4. The third-order valence-electron chi connectivity index (χ3n) is 5.62. The summed E-state index contributed by atoms with van der Waals surface area (Å²) in [6.45, 7) is 7.45. The highest BCUT2D eigenvalue weighted by atomic mass is 16.6. The number of aromatic nitrogens is 1. The Morgan fingerprint density at radius 1 is 1.03 bits per heavy atom. The van der Waals surface area contributed by atoms with Gasteiger partial charge in [-0.3, -0.25) is 9.59 Å². The Hall–Kier alpha value is -3.81. The SMILES string of the molecule is CCN(CC)C(=O)Oc1ccc2c(ccn2Cc2cccc(C)c2)c1NC(=O)CCC(=O)OC. The smallest absolute Gasteiger partial charge is 0.415 e. The second kappa shape index (κ2) is 11.4. The molecule has 0 atom stereocenters. The number of hydrogen-bond acceptors (Lipinski definition) is 5. The number of benzene rings is 2. The molecule has 3 rings (SSSR count). The van der Waals surface area contributed by atoms with Crippen molar-refractivity contribution in [2.75, 3.05) is 25.5 Å². The molecule has 1 heterocycles. The van der Waals surface area contributed by atoms with Gasteiger partial charge in [-0.2, -0.15) is 0 Å². The van der Waals surface area contributed by atoms with E-state index in [-0.39, 0.29) is 24.5 Å². The van der Waals surface area contributed by atoms with Gasteiger partial charge in [0.1, 0.15) is 0 Å². The van der Waals surface area contributed by atoms with Gasteiger partial charge in [-0.15, -0.1) is 0 Å². The molecule has 1 N–H and O–H groups in total. The number of carbonyl (C=O) groups is 3. The van der Waals surface area contributed by atoms with E-state index < -0.39 is 12.1 Å². The van der Waals surface area contributed by atoms with Crippen molar-refractivity contribution in [1.29, 1.82) is 0 Å². The average molecular weight is 466 g/mol. The summed E-state index contributed by atoms with van der Waals surface area (Å²) in [6.07, 6.45) is 1.36. The van der Waals surface area contributed by atoms with Crippen molar-refractivity contribution in [3.63, 3.8) is 0 Å². The second-order valence-corrected chi connectivity index (χ2v) is 7.97. The van der Waals surface area contributed by atoms with Gasteiger partial charge in [-0.25, -0.2) is 4.79 Å². The molecule has 0 saturated carbocycles. The largest absolute Gasteiger partial charge is 0.469 e. The van der Waals surface area contributed by atoms with Crippen LogP contribution in [0.5, 0.6) is 5.75 Å².